The van der Waals surface area contributed by atoms with E-state index in [9.17, 15) is 13.2 Å². The molecule has 3 rings (SSSR count). The molecule has 1 aromatic heterocycles. The van der Waals surface area contributed by atoms with Crippen LogP contribution >= 0.6 is 0 Å². The van der Waals surface area contributed by atoms with Crippen LogP contribution in [-0.4, -0.2) is 38.5 Å². The second-order valence-electron chi connectivity index (χ2n) is 6.25. The standard InChI is InChI=1S/C16H19NO5S/c1-10-14(12-8-11(21-3)4-5-13(12)22-10)15(18)17-16(2)6-7-23(19,20)9-16/h4-5,8H,6-7,9H2,1-3H3,(H,17,18)/t16-/m0/s1. The van der Waals surface area contributed by atoms with E-state index in [0.29, 0.717) is 34.5 Å². The average Bonchev–Trinajstić information content (AvgIpc) is 2.93. The third-order valence-electron chi connectivity index (χ3n) is 4.22. The Balaban J connectivity index is 1.96. The van der Waals surface area contributed by atoms with Crippen LogP contribution in [0.3, 0.4) is 0 Å². The number of rotatable bonds is 3. The number of nitrogens with one attached hydrogen (secondary N) is 1. The number of furan rings is 1. The molecular formula is C16H19NO5S. The number of sulfone groups is 1. The molecule has 1 aliphatic heterocycles. The number of amides is 1. The number of hydrogen-bond acceptors (Lipinski definition) is 5. The lowest BCUT2D eigenvalue weighted by Crippen LogP contribution is -2.47. The van der Waals surface area contributed by atoms with Gasteiger partial charge in [-0.2, -0.15) is 0 Å². The van der Waals surface area contributed by atoms with Gasteiger partial charge in [0.1, 0.15) is 17.1 Å². The van der Waals surface area contributed by atoms with Crippen molar-refractivity contribution in [3.8, 4) is 5.75 Å². The van der Waals surface area contributed by atoms with Gasteiger partial charge in [-0.25, -0.2) is 8.42 Å². The van der Waals surface area contributed by atoms with Gasteiger partial charge in [0.05, 0.1) is 29.7 Å². The molecule has 2 aromatic rings. The highest BCUT2D eigenvalue weighted by molar-refractivity contribution is 7.91. The molecule has 1 atom stereocenters. The summed E-state index contributed by atoms with van der Waals surface area (Å²) in [4.78, 5) is 12.7. The van der Waals surface area contributed by atoms with Crippen molar-refractivity contribution >= 4 is 26.7 Å². The number of hydrogen-bond donors (Lipinski definition) is 1. The predicted molar refractivity (Wildman–Crippen MR) is 86.6 cm³/mol. The Morgan fingerprint density at radius 2 is 2.13 bits per heavy atom. The van der Waals surface area contributed by atoms with E-state index in [-0.39, 0.29) is 17.4 Å². The van der Waals surface area contributed by atoms with Gasteiger partial charge >= 0.3 is 0 Å². The van der Waals surface area contributed by atoms with Crippen LogP contribution in [0.1, 0.15) is 29.5 Å². The highest BCUT2D eigenvalue weighted by Crippen LogP contribution is 2.30. The van der Waals surface area contributed by atoms with Gasteiger partial charge < -0.3 is 14.5 Å². The zero-order valence-corrected chi connectivity index (χ0v) is 14.1. The maximum Gasteiger partial charge on any atom is 0.255 e. The zero-order chi connectivity index (χ0) is 16.8. The molecule has 1 aromatic carbocycles. The van der Waals surface area contributed by atoms with Gasteiger partial charge in [-0.15, -0.1) is 0 Å². The highest BCUT2D eigenvalue weighted by atomic mass is 32.2. The minimum absolute atomic E-state index is 0.0378. The Morgan fingerprint density at radius 1 is 1.39 bits per heavy atom. The summed E-state index contributed by atoms with van der Waals surface area (Å²) in [5.41, 5.74) is 0.271. The maximum absolute atomic E-state index is 12.7. The molecular weight excluding hydrogens is 318 g/mol. The molecule has 0 aliphatic carbocycles. The lowest BCUT2D eigenvalue weighted by Gasteiger charge is -2.23. The van der Waals surface area contributed by atoms with Gasteiger partial charge in [0, 0.05) is 5.39 Å². The molecule has 124 valence electrons. The summed E-state index contributed by atoms with van der Waals surface area (Å²) in [5, 5.41) is 3.52. The van der Waals surface area contributed by atoms with Crippen molar-refractivity contribution in [1.29, 1.82) is 0 Å². The van der Waals surface area contributed by atoms with Crippen molar-refractivity contribution in [3.05, 3.63) is 29.5 Å². The minimum atomic E-state index is -3.09. The van der Waals surface area contributed by atoms with E-state index in [1.165, 1.54) is 0 Å². The third-order valence-corrected chi connectivity index (χ3v) is 6.12. The summed E-state index contributed by atoms with van der Waals surface area (Å²) < 4.78 is 34.2. The fraction of sp³-hybridized carbons (Fsp3) is 0.438. The Labute approximate surface area is 134 Å². The summed E-state index contributed by atoms with van der Waals surface area (Å²) in [7, 11) is -1.54. The van der Waals surface area contributed by atoms with Crippen LogP contribution in [0.5, 0.6) is 5.75 Å². The fourth-order valence-electron chi connectivity index (χ4n) is 3.05. The van der Waals surface area contributed by atoms with Gasteiger partial charge in [-0.05, 0) is 38.5 Å². The van der Waals surface area contributed by atoms with Crippen molar-refractivity contribution < 1.29 is 22.4 Å². The molecule has 2 heterocycles. The van der Waals surface area contributed by atoms with Gasteiger partial charge in [0.2, 0.25) is 0 Å². The van der Waals surface area contributed by atoms with E-state index in [1.807, 2.05) is 0 Å². The monoisotopic (exact) mass is 337 g/mol. The SMILES string of the molecule is COc1ccc2oc(C)c(C(=O)N[C@@]3(C)CCS(=O)(=O)C3)c2c1. The van der Waals surface area contributed by atoms with Crippen molar-refractivity contribution in [3.63, 3.8) is 0 Å². The van der Waals surface area contributed by atoms with Crippen LogP contribution in [0.25, 0.3) is 11.0 Å². The Bertz CT molecular complexity index is 883. The van der Waals surface area contributed by atoms with Crippen LogP contribution in [0.2, 0.25) is 0 Å². The molecule has 0 unspecified atom stereocenters. The summed E-state index contributed by atoms with van der Waals surface area (Å²) in [6.45, 7) is 3.47. The van der Waals surface area contributed by atoms with Gasteiger partial charge in [0.25, 0.3) is 5.91 Å². The first kappa shape index (κ1) is 15.9. The lowest BCUT2D eigenvalue weighted by atomic mass is 10.0. The number of aryl methyl sites for hydroxylation is 1. The van der Waals surface area contributed by atoms with Gasteiger partial charge in [-0.1, -0.05) is 0 Å². The van der Waals surface area contributed by atoms with Crippen LogP contribution in [0.15, 0.2) is 22.6 Å². The first-order valence-electron chi connectivity index (χ1n) is 7.33. The van der Waals surface area contributed by atoms with E-state index in [4.69, 9.17) is 9.15 Å². The topological polar surface area (TPSA) is 85.6 Å². The third kappa shape index (κ3) is 2.93. The molecule has 0 radical (unpaired) electrons. The largest absolute Gasteiger partial charge is 0.497 e. The summed E-state index contributed by atoms with van der Waals surface area (Å²) >= 11 is 0. The average molecular weight is 337 g/mol. The quantitative estimate of drug-likeness (QED) is 0.926. The molecule has 7 heteroatoms. The summed E-state index contributed by atoms with van der Waals surface area (Å²) in [5.74, 6) is 0.860. The predicted octanol–water partition coefficient (Wildman–Crippen LogP) is 2.06. The lowest BCUT2D eigenvalue weighted by molar-refractivity contribution is 0.0915. The van der Waals surface area contributed by atoms with E-state index < -0.39 is 15.4 Å². The number of carbonyl (C=O) groups is 1. The highest BCUT2D eigenvalue weighted by Gasteiger charge is 2.40. The molecule has 1 amide bonds. The summed E-state index contributed by atoms with van der Waals surface area (Å²) in [6.07, 6.45) is 0.416. The van der Waals surface area contributed by atoms with Crippen molar-refractivity contribution in [2.24, 2.45) is 0 Å². The van der Waals surface area contributed by atoms with E-state index in [2.05, 4.69) is 5.32 Å². The molecule has 1 fully saturated rings. The van der Waals surface area contributed by atoms with Gasteiger partial charge in [0.15, 0.2) is 9.84 Å². The molecule has 23 heavy (non-hydrogen) atoms. The molecule has 1 saturated heterocycles. The number of carbonyl (C=O) groups excluding carboxylic acids is 1. The molecule has 1 N–H and O–H groups in total. The molecule has 6 nitrogen and oxygen atoms in total. The van der Waals surface area contributed by atoms with Crippen molar-refractivity contribution in [2.45, 2.75) is 25.8 Å². The normalized spacial score (nSPS) is 23.1. The Hall–Kier alpha value is -2.02. The zero-order valence-electron chi connectivity index (χ0n) is 13.3. The van der Waals surface area contributed by atoms with Crippen LogP contribution in [-0.2, 0) is 9.84 Å². The molecule has 1 aliphatic rings. The second-order valence-corrected chi connectivity index (χ2v) is 8.44. The molecule has 0 bridgehead atoms. The number of ether oxygens (including phenoxy) is 1. The minimum Gasteiger partial charge on any atom is -0.497 e. The van der Waals surface area contributed by atoms with Crippen molar-refractivity contribution in [1.82, 2.24) is 5.32 Å². The van der Waals surface area contributed by atoms with Crippen molar-refractivity contribution in [2.75, 3.05) is 18.6 Å². The van der Waals surface area contributed by atoms with E-state index in [0.717, 1.165) is 0 Å². The number of fused-ring (bicyclic) bond motifs is 1. The van der Waals surface area contributed by atoms with Gasteiger partial charge in [-0.3, -0.25) is 4.79 Å². The van der Waals surface area contributed by atoms with E-state index in [1.54, 1.807) is 39.2 Å². The first-order chi connectivity index (χ1) is 10.7. The maximum atomic E-state index is 12.7. The number of benzene rings is 1. The van der Waals surface area contributed by atoms with Crippen LogP contribution < -0.4 is 10.1 Å². The first-order valence-corrected chi connectivity index (χ1v) is 9.15. The van der Waals surface area contributed by atoms with E-state index >= 15 is 0 Å². The fourth-order valence-corrected chi connectivity index (χ4v) is 5.15. The molecule has 0 spiro atoms. The Kier molecular flexibility index (Phi) is 3.63. The van der Waals surface area contributed by atoms with Crippen LogP contribution in [0.4, 0.5) is 0 Å². The Morgan fingerprint density at radius 3 is 2.74 bits per heavy atom. The summed E-state index contributed by atoms with van der Waals surface area (Å²) in [6, 6.07) is 5.26. The molecule has 0 saturated carbocycles. The van der Waals surface area contributed by atoms with Crippen LogP contribution in [0, 0.1) is 6.92 Å². The number of methoxy groups -OCH3 is 1. The smallest absolute Gasteiger partial charge is 0.255 e. The second kappa shape index (κ2) is 5.26.